The quantitative estimate of drug-likeness (QED) is 0.256. The maximum absolute atomic E-state index is 12.9. The summed E-state index contributed by atoms with van der Waals surface area (Å²) in [6, 6.07) is 14.6. The molecule has 0 fully saturated rings. The topological polar surface area (TPSA) is 136 Å². The number of carbonyl (C=O) groups excluding carboxylic acids is 1. The molecule has 0 saturated heterocycles. The lowest BCUT2D eigenvalue weighted by molar-refractivity contribution is -0.115. The number of hydrogen-bond donors (Lipinski definition) is 2. The lowest BCUT2D eigenvalue weighted by atomic mass is 10.2. The predicted octanol–water partition coefficient (Wildman–Crippen LogP) is 3.74. The van der Waals surface area contributed by atoms with Gasteiger partial charge >= 0.3 is 0 Å². The van der Waals surface area contributed by atoms with Crippen LogP contribution in [0.1, 0.15) is 25.2 Å². The number of nitrogens with one attached hydrogen (secondary N) is 2. The third kappa shape index (κ3) is 5.97. The Bertz CT molecular complexity index is 1620. The van der Waals surface area contributed by atoms with Crippen LogP contribution in [0.3, 0.4) is 0 Å². The first-order chi connectivity index (χ1) is 17.6. The van der Waals surface area contributed by atoms with E-state index in [1.807, 2.05) is 13.0 Å². The largest absolute Gasteiger partial charge is 0.325 e. The van der Waals surface area contributed by atoms with E-state index in [1.54, 1.807) is 49.6 Å². The summed E-state index contributed by atoms with van der Waals surface area (Å²) >= 11 is 1.18. The number of fused-ring (bicyclic) bond motifs is 1. The van der Waals surface area contributed by atoms with Crippen molar-refractivity contribution in [1.82, 2.24) is 19.5 Å². The van der Waals surface area contributed by atoms with Gasteiger partial charge < -0.3 is 5.32 Å². The van der Waals surface area contributed by atoms with Crippen molar-refractivity contribution in [2.24, 2.45) is 0 Å². The molecule has 2 aromatic heterocycles. The minimum atomic E-state index is -3.91. The van der Waals surface area contributed by atoms with Crippen LogP contribution in [-0.2, 0) is 21.4 Å². The molecule has 2 N–H and O–H groups in total. The number of para-hydroxylation sites is 1. The lowest BCUT2D eigenvalue weighted by Gasteiger charge is -2.15. The maximum atomic E-state index is 12.9. The van der Waals surface area contributed by atoms with E-state index in [0.29, 0.717) is 39.7 Å². The standard InChI is InChI=1S/C25H26N6O4S2/c1-5-31-23(33)20-8-6-7-9-21(20)29-25(31)36-17(4)22(32)28-18-10-12-19(13-11-18)37(34,35)30-24-26-15(2)14-16(3)27-24/h6-14,17H,5H2,1-4H3,(H,28,32)(H,26,27,30). The molecule has 37 heavy (non-hydrogen) atoms. The first-order valence-electron chi connectivity index (χ1n) is 11.5. The summed E-state index contributed by atoms with van der Waals surface area (Å²) in [5, 5.41) is 3.19. The average molecular weight is 539 g/mol. The zero-order valence-corrected chi connectivity index (χ0v) is 22.4. The molecule has 0 spiro atoms. The first-order valence-corrected chi connectivity index (χ1v) is 13.9. The highest BCUT2D eigenvalue weighted by atomic mass is 32.2. The van der Waals surface area contributed by atoms with E-state index in [4.69, 9.17) is 0 Å². The van der Waals surface area contributed by atoms with Gasteiger partial charge in [0.15, 0.2) is 5.16 Å². The molecule has 1 unspecified atom stereocenters. The van der Waals surface area contributed by atoms with Crippen LogP contribution in [0, 0.1) is 13.8 Å². The van der Waals surface area contributed by atoms with Crippen molar-refractivity contribution in [2.45, 2.75) is 49.5 Å². The molecule has 1 atom stereocenters. The fraction of sp³-hybridized carbons (Fsp3) is 0.240. The molecule has 1 amide bonds. The Balaban J connectivity index is 1.46. The lowest BCUT2D eigenvalue weighted by Crippen LogP contribution is -2.26. The highest BCUT2D eigenvalue weighted by Crippen LogP contribution is 2.24. The molecular formula is C25H26N6O4S2. The van der Waals surface area contributed by atoms with Gasteiger partial charge in [-0.3, -0.25) is 14.2 Å². The molecule has 0 aliphatic carbocycles. The summed E-state index contributed by atoms with van der Waals surface area (Å²) < 4.78 is 29.4. The Kier molecular flexibility index (Phi) is 7.60. The number of carbonyl (C=O) groups is 1. The Hall–Kier alpha value is -3.77. The predicted molar refractivity (Wildman–Crippen MR) is 144 cm³/mol. The molecule has 0 radical (unpaired) electrons. The molecular weight excluding hydrogens is 512 g/mol. The Labute approximate surface area is 218 Å². The zero-order chi connectivity index (χ0) is 26.7. The number of aromatic nitrogens is 4. The van der Waals surface area contributed by atoms with Crippen LogP contribution in [0.4, 0.5) is 11.6 Å². The molecule has 12 heteroatoms. The van der Waals surface area contributed by atoms with Gasteiger partial charge in [0.05, 0.1) is 21.0 Å². The fourth-order valence-electron chi connectivity index (χ4n) is 3.64. The molecule has 0 saturated carbocycles. The third-order valence-corrected chi connectivity index (χ3v) is 7.87. The summed E-state index contributed by atoms with van der Waals surface area (Å²) in [7, 11) is -3.91. The van der Waals surface area contributed by atoms with Crippen LogP contribution >= 0.6 is 11.8 Å². The summed E-state index contributed by atoms with van der Waals surface area (Å²) in [5.41, 5.74) is 2.14. The SMILES string of the molecule is CCn1c(SC(C)C(=O)Nc2ccc(S(=O)(=O)Nc3nc(C)cc(C)n3)cc2)nc2ccccc2c1=O. The van der Waals surface area contributed by atoms with E-state index in [2.05, 4.69) is 25.0 Å². The molecule has 2 heterocycles. The summed E-state index contributed by atoms with van der Waals surface area (Å²) in [6.45, 7) is 7.49. The molecule has 192 valence electrons. The molecule has 0 aliphatic rings. The van der Waals surface area contributed by atoms with E-state index < -0.39 is 15.3 Å². The summed E-state index contributed by atoms with van der Waals surface area (Å²) in [5.74, 6) is -0.319. The molecule has 4 aromatic rings. The molecule has 4 rings (SSSR count). The highest BCUT2D eigenvalue weighted by Gasteiger charge is 2.20. The van der Waals surface area contributed by atoms with Gasteiger partial charge in [-0.1, -0.05) is 23.9 Å². The van der Waals surface area contributed by atoms with Crippen molar-refractivity contribution >= 4 is 50.2 Å². The maximum Gasteiger partial charge on any atom is 0.264 e. The minimum Gasteiger partial charge on any atom is -0.325 e. The molecule has 10 nitrogen and oxygen atoms in total. The van der Waals surface area contributed by atoms with Crippen LogP contribution in [-0.4, -0.2) is 39.1 Å². The summed E-state index contributed by atoms with van der Waals surface area (Å²) in [6.07, 6.45) is 0. The van der Waals surface area contributed by atoms with Crippen molar-refractivity contribution < 1.29 is 13.2 Å². The van der Waals surface area contributed by atoms with E-state index in [1.165, 1.54) is 36.0 Å². The van der Waals surface area contributed by atoms with E-state index in [9.17, 15) is 18.0 Å². The Morgan fingerprint density at radius 1 is 1.03 bits per heavy atom. The van der Waals surface area contributed by atoms with Crippen LogP contribution in [0.15, 0.2) is 69.4 Å². The number of thioether (sulfide) groups is 1. The van der Waals surface area contributed by atoms with Gasteiger partial charge in [-0.2, -0.15) is 0 Å². The third-order valence-electron chi connectivity index (χ3n) is 5.43. The average Bonchev–Trinajstić information content (AvgIpc) is 2.83. The monoisotopic (exact) mass is 538 g/mol. The number of benzene rings is 2. The normalized spacial score (nSPS) is 12.3. The van der Waals surface area contributed by atoms with Gasteiger partial charge in [-0.05, 0) is 70.2 Å². The smallest absolute Gasteiger partial charge is 0.264 e. The number of nitrogens with zero attached hydrogens (tertiary/aromatic N) is 4. The highest BCUT2D eigenvalue weighted by molar-refractivity contribution is 8.00. The van der Waals surface area contributed by atoms with Gasteiger partial charge in [-0.15, -0.1) is 0 Å². The second-order valence-electron chi connectivity index (χ2n) is 8.31. The number of anilines is 2. The molecule has 2 aromatic carbocycles. The number of amides is 1. The van der Waals surface area contributed by atoms with Gasteiger partial charge in [0.25, 0.3) is 15.6 Å². The van der Waals surface area contributed by atoms with Crippen molar-refractivity contribution in [1.29, 1.82) is 0 Å². The van der Waals surface area contributed by atoms with Crippen LogP contribution in [0.25, 0.3) is 10.9 Å². The molecule has 0 aliphatic heterocycles. The van der Waals surface area contributed by atoms with Crippen molar-refractivity contribution in [3.63, 3.8) is 0 Å². The number of rotatable bonds is 8. The van der Waals surface area contributed by atoms with Crippen molar-refractivity contribution in [3.05, 3.63) is 76.3 Å². The van der Waals surface area contributed by atoms with Crippen LogP contribution < -0.4 is 15.6 Å². The van der Waals surface area contributed by atoms with Gasteiger partial charge in [0, 0.05) is 23.6 Å². The van der Waals surface area contributed by atoms with Gasteiger partial charge in [0.2, 0.25) is 11.9 Å². The summed E-state index contributed by atoms with van der Waals surface area (Å²) in [4.78, 5) is 38.5. The zero-order valence-electron chi connectivity index (χ0n) is 20.7. The van der Waals surface area contributed by atoms with E-state index in [-0.39, 0.29) is 22.3 Å². The number of hydrogen-bond acceptors (Lipinski definition) is 8. The Morgan fingerprint density at radius 3 is 2.32 bits per heavy atom. The number of aryl methyl sites for hydroxylation is 2. The Morgan fingerprint density at radius 2 is 1.68 bits per heavy atom. The second kappa shape index (κ2) is 10.7. The minimum absolute atomic E-state index is 0.00279. The number of sulfonamides is 1. The van der Waals surface area contributed by atoms with E-state index >= 15 is 0 Å². The van der Waals surface area contributed by atoms with Crippen molar-refractivity contribution in [3.8, 4) is 0 Å². The van der Waals surface area contributed by atoms with Crippen LogP contribution in [0.5, 0.6) is 0 Å². The fourth-order valence-corrected chi connectivity index (χ4v) is 5.56. The van der Waals surface area contributed by atoms with E-state index in [0.717, 1.165) is 0 Å². The first kappa shape index (κ1) is 26.3. The van der Waals surface area contributed by atoms with Crippen LogP contribution in [0.2, 0.25) is 0 Å². The van der Waals surface area contributed by atoms with Crippen molar-refractivity contribution in [2.75, 3.05) is 10.0 Å². The molecule has 0 bridgehead atoms. The second-order valence-corrected chi connectivity index (χ2v) is 11.3. The van der Waals surface area contributed by atoms with Gasteiger partial charge in [-0.25, -0.2) is 28.1 Å². The van der Waals surface area contributed by atoms with Gasteiger partial charge in [0.1, 0.15) is 0 Å².